The maximum absolute atomic E-state index is 13.7. The van der Waals surface area contributed by atoms with Crippen molar-refractivity contribution in [3.05, 3.63) is 34.5 Å². The van der Waals surface area contributed by atoms with Gasteiger partial charge in [-0.1, -0.05) is 0 Å². The third-order valence-electron chi connectivity index (χ3n) is 2.65. The Kier molecular flexibility index (Phi) is 4.79. The molecule has 0 aliphatic rings. The Hall–Kier alpha value is -1.82. The van der Waals surface area contributed by atoms with Gasteiger partial charge in [0.1, 0.15) is 0 Å². The molecule has 0 unspecified atom stereocenters. The number of benzene rings is 1. The van der Waals surface area contributed by atoms with Crippen molar-refractivity contribution < 1.29 is 9.13 Å². The summed E-state index contributed by atoms with van der Waals surface area (Å²) in [6, 6.07) is 2.88. The molecule has 0 saturated carbocycles. The van der Waals surface area contributed by atoms with E-state index in [-0.39, 0.29) is 11.9 Å². The number of ether oxygens (including phenoxy) is 1. The Morgan fingerprint density at radius 2 is 2.25 bits per heavy atom. The average Bonchev–Trinajstić information content (AvgIpc) is 2.87. The van der Waals surface area contributed by atoms with Gasteiger partial charge in [0.05, 0.1) is 28.7 Å². The zero-order valence-corrected chi connectivity index (χ0v) is 12.3. The molecule has 0 saturated heterocycles. The van der Waals surface area contributed by atoms with Crippen LogP contribution in [0, 0.1) is 5.82 Å². The fraction of sp³-hybridized carbons (Fsp3) is 0.357. The van der Waals surface area contributed by atoms with Crippen LogP contribution in [-0.2, 0) is 6.42 Å². The first kappa shape index (κ1) is 14.6. The van der Waals surface area contributed by atoms with Crippen molar-refractivity contribution >= 4 is 22.7 Å². The number of nitrogens with two attached hydrogens (primary N) is 1. The molecule has 2 aromatic rings. The second-order valence-corrected chi connectivity index (χ2v) is 5.41. The van der Waals surface area contributed by atoms with Crippen molar-refractivity contribution in [1.82, 2.24) is 4.98 Å². The van der Waals surface area contributed by atoms with E-state index in [0.717, 1.165) is 12.1 Å². The molecule has 6 heteroatoms. The third kappa shape index (κ3) is 3.84. The van der Waals surface area contributed by atoms with Crippen molar-refractivity contribution in [2.45, 2.75) is 26.4 Å². The fourth-order valence-corrected chi connectivity index (χ4v) is 2.35. The Morgan fingerprint density at radius 3 is 2.90 bits per heavy atom. The first-order valence-electron chi connectivity index (χ1n) is 6.43. The fourth-order valence-electron chi connectivity index (χ4n) is 1.75. The molecule has 108 valence electrons. The second kappa shape index (κ2) is 6.56. The summed E-state index contributed by atoms with van der Waals surface area (Å²) >= 11 is 1.57. The van der Waals surface area contributed by atoms with Crippen LogP contribution < -0.4 is 15.8 Å². The van der Waals surface area contributed by atoms with E-state index in [4.69, 9.17) is 10.5 Å². The molecule has 0 amide bonds. The minimum absolute atomic E-state index is 0.0871. The summed E-state index contributed by atoms with van der Waals surface area (Å²) in [7, 11) is 0. The van der Waals surface area contributed by atoms with Crippen molar-refractivity contribution in [3.63, 3.8) is 0 Å². The number of hydrogen-bond acceptors (Lipinski definition) is 5. The summed E-state index contributed by atoms with van der Waals surface area (Å²) in [6.45, 7) is 4.39. The first-order chi connectivity index (χ1) is 9.56. The molecule has 2 rings (SSSR count). The van der Waals surface area contributed by atoms with Crippen LogP contribution in [0.25, 0.3) is 0 Å². The van der Waals surface area contributed by atoms with Crippen LogP contribution in [-0.4, -0.2) is 17.6 Å². The van der Waals surface area contributed by atoms with Gasteiger partial charge in [-0.05, 0) is 13.8 Å². The normalized spacial score (nSPS) is 10.8. The lowest BCUT2D eigenvalue weighted by molar-refractivity contribution is 0.231. The molecule has 3 N–H and O–H groups in total. The second-order valence-electron chi connectivity index (χ2n) is 4.69. The lowest BCUT2D eigenvalue weighted by Gasteiger charge is -2.14. The maximum atomic E-state index is 13.7. The average molecular weight is 295 g/mol. The lowest BCUT2D eigenvalue weighted by atomic mass is 10.2. The predicted octanol–water partition coefficient (Wildman–Crippen LogP) is 3.31. The van der Waals surface area contributed by atoms with Crippen LogP contribution in [0.3, 0.4) is 0 Å². The Balaban J connectivity index is 2.02. The number of rotatable bonds is 6. The van der Waals surface area contributed by atoms with E-state index < -0.39 is 5.82 Å². The van der Waals surface area contributed by atoms with Crippen LogP contribution in [0.15, 0.2) is 23.0 Å². The van der Waals surface area contributed by atoms with Crippen molar-refractivity contribution in [2.24, 2.45) is 0 Å². The van der Waals surface area contributed by atoms with Crippen LogP contribution in [0.4, 0.5) is 15.8 Å². The van der Waals surface area contributed by atoms with E-state index in [1.54, 1.807) is 22.9 Å². The SMILES string of the molecule is CC(C)Oc1cc(NCCc2cscn2)c(N)cc1F. The molecule has 1 aromatic heterocycles. The van der Waals surface area contributed by atoms with E-state index in [9.17, 15) is 4.39 Å². The van der Waals surface area contributed by atoms with Crippen LogP contribution in [0.2, 0.25) is 0 Å². The highest BCUT2D eigenvalue weighted by Crippen LogP contribution is 2.28. The summed E-state index contributed by atoms with van der Waals surface area (Å²) < 4.78 is 19.1. The van der Waals surface area contributed by atoms with E-state index in [1.807, 2.05) is 19.2 Å². The molecule has 0 aliphatic carbocycles. The topological polar surface area (TPSA) is 60.2 Å². The number of nitrogen functional groups attached to an aromatic ring is 1. The van der Waals surface area contributed by atoms with Crippen LogP contribution in [0.1, 0.15) is 19.5 Å². The summed E-state index contributed by atoms with van der Waals surface area (Å²) in [6.07, 6.45) is 0.705. The quantitative estimate of drug-likeness (QED) is 0.803. The largest absolute Gasteiger partial charge is 0.488 e. The first-order valence-corrected chi connectivity index (χ1v) is 7.37. The van der Waals surface area contributed by atoms with E-state index in [0.29, 0.717) is 17.9 Å². The van der Waals surface area contributed by atoms with Crippen molar-refractivity contribution in [3.8, 4) is 5.75 Å². The van der Waals surface area contributed by atoms with Gasteiger partial charge < -0.3 is 15.8 Å². The molecule has 0 radical (unpaired) electrons. The molecular weight excluding hydrogens is 277 g/mol. The number of halogens is 1. The zero-order chi connectivity index (χ0) is 14.5. The van der Waals surface area contributed by atoms with Gasteiger partial charge in [0.2, 0.25) is 0 Å². The summed E-state index contributed by atoms with van der Waals surface area (Å²) in [5, 5.41) is 5.19. The van der Waals surface area contributed by atoms with Gasteiger partial charge in [0.15, 0.2) is 11.6 Å². The van der Waals surface area contributed by atoms with Gasteiger partial charge in [-0.3, -0.25) is 0 Å². The van der Waals surface area contributed by atoms with Crippen molar-refractivity contribution in [1.29, 1.82) is 0 Å². The minimum Gasteiger partial charge on any atom is -0.488 e. The molecular formula is C14H18FN3OS. The molecule has 0 spiro atoms. The molecule has 0 fully saturated rings. The number of nitrogens with one attached hydrogen (secondary N) is 1. The van der Waals surface area contributed by atoms with Gasteiger partial charge in [-0.2, -0.15) is 0 Å². The molecule has 0 aliphatic heterocycles. The Labute approximate surface area is 121 Å². The molecule has 20 heavy (non-hydrogen) atoms. The molecule has 0 bridgehead atoms. The molecule has 0 atom stereocenters. The highest BCUT2D eigenvalue weighted by atomic mass is 32.1. The minimum atomic E-state index is -0.443. The van der Waals surface area contributed by atoms with Gasteiger partial charge in [-0.25, -0.2) is 9.37 Å². The maximum Gasteiger partial charge on any atom is 0.167 e. The third-order valence-corrected chi connectivity index (χ3v) is 3.28. The van der Waals surface area contributed by atoms with E-state index >= 15 is 0 Å². The van der Waals surface area contributed by atoms with Gasteiger partial charge in [-0.15, -0.1) is 11.3 Å². The predicted molar refractivity (Wildman–Crippen MR) is 80.9 cm³/mol. The van der Waals surface area contributed by atoms with Crippen LogP contribution >= 0.6 is 11.3 Å². The highest BCUT2D eigenvalue weighted by Gasteiger charge is 2.10. The summed E-state index contributed by atoms with van der Waals surface area (Å²) in [5.74, 6) is -0.230. The zero-order valence-electron chi connectivity index (χ0n) is 11.5. The molecule has 1 heterocycles. The van der Waals surface area contributed by atoms with Gasteiger partial charge in [0, 0.05) is 30.5 Å². The number of aromatic nitrogens is 1. The van der Waals surface area contributed by atoms with E-state index in [2.05, 4.69) is 10.3 Å². The van der Waals surface area contributed by atoms with Crippen LogP contribution in [0.5, 0.6) is 5.75 Å². The standard InChI is InChI=1S/C14H18FN3OS/c1-9(2)19-14-6-13(12(16)5-11(14)15)17-4-3-10-7-20-8-18-10/h5-9,17H,3-4,16H2,1-2H3. The number of nitrogens with zero attached hydrogens (tertiary/aromatic N) is 1. The lowest BCUT2D eigenvalue weighted by Crippen LogP contribution is -2.10. The number of thiazole rings is 1. The Morgan fingerprint density at radius 1 is 1.45 bits per heavy atom. The number of hydrogen-bond donors (Lipinski definition) is 2. The van der Waals surface area contributed by atoms with Gasteiger partial charge in [0.25, 0.3) is 0 Å². The van der Waals surface area contributed by atoms with Gasteiger partial charge >= 0.3 is 0 Å². The molecule has 1 aromatic carbocycles. The van der Waals surface area contributed by atoms with Crippen molar-refractivity contribution in [2.75, 3.05) is 17.6 Å². The Bertz CT molecular complexity index is 558. The number of anilines is 2. The summed E-state index contributed by atoms with van der Waals surface area (Å²) in [4.78, 5) is 4.20. The van der Waals surface area contributed by atoms with E-state index in [1.165, 1.54) is 6.07 Å². The summed E-state index contributed by atoms with van der Waals surface area (Å²) in [5.41, 5.74) is 9.69. The molecule has 4 nitrogen and oxygen atoms in total. The monoisotopic (exact) mass is 295 g/mol. The smallest absolute Gasteiger partial charge is 0.167 e. The highest BCUT2D eigenvalue weighted by molar-refractivity contribution is 7.07.